The van der Waals surface area contributed by atoms with Gasteiger partial charge in [0, 0.05) is 25.5 Å². The van der Waals surface area contributed by atoms with Gasteiger partial charge in [-0.05, 0) is 32.3 Å². The molecule has 3 heterocycles. The van der Waals surface area contributed by atoms with Crippen molar-refractivity contribution in [1.29, 1.82) is 0 Å². The maximum absolute atomic E-state index is 13.0. The first-order chi connectivity index (χ1) is 11.5. The number of carbonyl (C=O) groups excluding carboxylic acids is 1. The summed E-state index contributed by atoms with van der Waals surface area (Å²) in [5, 5.41) is 7.24. The maximum atomic E-state index is 13.0. The molecule has 0 aliphatic carbocycles. The largest absolute Gasteiger partial charge is 0.321 e. The predicted octanol–water partition coefficient (Wildman–Crippen LogP) is 3.31. The maximum Gasteiger partial charge on any atom is 0.234 e. The fourth-order valence-electron chi connectivity index (χ4n) is 3.53. The molecule has 1 unspecified atom stereocenters. The number of nitrogens with zero attached hydrogens (tertiary/aromatic N) is 5. The fraction of sp³-hybridized carbons (Fsp3) is 0.529. The second kappa shape index (κ2) is 7.39. The van der Waals surface area contributed by atoms with E-state index in [9.17, 15) is 4.79 Å². The van der Waals surface area contributed by atoms with Crippen molar-refractivity contribution in [2.24, 2.45) is 12.5 Å². The number of anilines is 3. The van der Waals surface area contributed by atoms with E-state index >= 15 is 0 Å². The van der Waals surface area contributed by atoms with Gasteiger partial charge in [0.15, 0.2) is 0 Å². The van der Waals surface area contributed by atoms with Gasteiger partial charge >= 0.3 is 0 Å². The molecule has 0 aromatic carbocycles. The molecular weight excluding hydrogens is 340 g/mol. The summed E-state index contributed by atoms with van der Waals surface area (Å²) in [5.41, 5.74) is 0.549. The van der Waals surface area contributed by atoms with Crippen LogP contribution in [0.1, 0.15) is 40.0 Å². The Balaban J connectivity index is 0.00000225. The van der Waals surface area contributed by atoms with Crippen LogP contribution in [-0.4, -0.2) is 31.7 Å². The number of amides is 1. The number of rotatable bonds is 5. The Hall–Kier alpha value is -2.15. The molecule has 1 aliphatic heterocycles. The number of nitrogens with one attached hydrogen (secondary N) is 1. The molecule has 7 nitrogen and oxygen atoms in total. The van der Waals surface area contributed by atoms with Crippen LogP contribution in [0.3, 0.4) is 0 Å². The molecule has 3 rings (SSSR count). The smallest absolute Gasteiger partial charge is 0.234 e. The number of aromatic nitrogens is 4. The van der Waals surface area contributed by atoms with Crippen LogP contribution in [0.25, 0.3) is 0 Å². The van der Waals surface area contributed by atoms with Crippen LogP contribution < -0.4 is 10.2 Å². The second-order valence-corrected chi connectivity index (χ2v) is 6.48. The van der Waals surface area contributed by atoms with Crippen LogP contribution in [-0.2, 0) is 11.8 Å². The second-order valence-electron chi connectivity index (χ2n) is 6.48. The van der Waals surface area contributed by atoms with E-state index < -0.39 is 0 Å². The van der Waals surface area contributed by atoms with Crippen molar-refractivity contribution in [2.45, 2.75) is 46.1 Å². The zero-order valence-electron chi connectivity index (χ0n) is 15.1. The molecule has 1 aliphatic rings. The van der Waals surface area contributed by atoms with Gasteiger partial charge < -0.3 is 5.32 Å². The lowest BCUT2D eigenvalue weighted by atomic mass is 9.80. The fourth-order valence-corrected chi connectivity index (χ4v) is 3.53. The molecule has 1 atom stereocenters. The Kier molecular flexibility index (Phi) is 5.67. The van der Waals surface area contributed by atoms with E-state index in [4.69, 9.17) is 0 Å². The van der Waals surface area contributed by atoms with E-state index in [0.717, 1.165) is 24.9 Å². The zero-order valence-corrected chi connectivity index (χ0v) is 15.9. The molecule has 1 amide bonds. The van der Waals surface area contributed by atoms with E-state index in [0.29, 0.717) is 11.8 Å². The average Bonchev–Trinajstić information content (AvgIpc) is 3.08. The highest BCUT2D eigenvalue weighted by molar-refractivity contribution is 5.99. The third-order valence-corrected chi connectivity index (χ3v) is 5.00. The quantitative estimate of drug-likeness (QED) is 0.880. The monoisotopic (exact) mass is 364 g/mol. The number of halogens is 1. The van der Waals surface area contributed by atoms with Crippen LogP contribution in [0, 0.1) is 5.41 Å². The van der Waals surface area contributed by atoms with Gasteiger partial charge in [-0.2, -0.15) is 10.1 Å². The molecule has 2 aromatic heterocycles. The molecule has 0 saturated carbocycles. The van der Waals surface area contributed by atoms with Crippen LogP contribution in [0.5, 0.6) is 0 Å². The SMILES string of the molecule is CCC1(CC)CC(C)N(c2ccnc(Nc3cnn(C)c3)n2)C1=O.Cl. The Morgan fingerprint density at radius 3 is 2.64 bits per heavy atom. The standard InChI is InChI=1S/C17H24N6O.ClH/c1-5-17(6-2)9-12(3)23(15(17)24)14-7-8-18-16(21-14)20-13-10-19-22(4)11-13;/h7-8,10-12H,5-6,9H2,1-4H3,(H,18,20,21);1H. The first-order valence-electron chi connectivity index (χ1n) is 8.41. The normalized spacial score (nSPS) is 19.0. The topological polar surface area (TPSA) is 75.9 Å². The van der Waals surface area contributed by atoms with Crippen molar-refractivity contribution in [1.82, 2.24) is 19.7 Å². The summed E-state index contributed by atoms with van der Waals surface area (Å²) < 4.78 is 1.70. The van der Waals surface area contributed by atoms with E-state index in [1.165, 1.54) is 0 Å². The number of hydrogen-bond donors (Lipinski definition) is 1. The summed E-state index contributed by atoms with van der Waals surface area (Å²) in [7, 11) is 1.85. The van der Waals surface area contributed by atoms with Gasteiger partial charge in [-0.15, -0.1) is 12.4 Å². The molecule has 1 fully saturated rings. The lowest BCUT2D eigenvalue weighted by molar-refractivity contribution is -0.125. The van der Waals surface area contributed by atoms with Gasteiger partial charge in [0.2, 0.25) is 11.9 Å². The highest BCUT2D eigenvalue weighted by Crippen LogP contribution is 2.43. The molecule has 8 heteroatoms. The van der Waals surface area contributed by atoms with E-state index in [2.05, 4.69) is 41.2 Å². The third kappa shape index (κ3) is 3.46. The highest BCUT2D eigenvalue weighted by atomic mass is 35.5. The number of hydrogen-bond acceptors (Lipinski definition) is 5. The lowest BCUT2D eigenvalue weighted by Gasteiger charge is -2.25. The van der Waals surface area contributed by atoms with Gasteiger partial charge in [-0.1, -0.05) is 13.8 Å². The Bertz CT molecular complexity index is 742. The van der Waals surface area contributed by atoms with Gasteiger partial charge in [0.1, 0.15) is 5.82 Å². The molecule has 0 bridgehead atoms. The first kappa shape index (κ1) is 19.2. The molecule has 2 aromatic rings. The molecule has 1 saturated heterocycles. The predicted molar refractivity (Wildman–Crippen MR) is 100 cm³/mol. The van der Waals surface area contributed by atoms with Gasteiger partial charge in [-0.25, -0.2) is 4.98 Å². The van der Waals surface area contributed by atoms with Gasteiger partial charge in [-0.3, -0.25) is 14.4 Å². The van der Waals surface area contributed by atoms with Crippen LogP contribution in [0.4, 0.5) is 17.5 Å². The molecule has 136 valence electrons. The Labute approximate surface area is 154 Å². The Morgan fingerprint density at radius 2 is 2.08 bits per heavy atom. The zero-order chi connectivity index (χ0) is 17.3. The van der Waals surface area contributed by atoms with Crippen molar-refractivity contribution < 1.29 is 4.79 Å². The minimum Gasteiger partial charge on any atom is -0.321 e. The van der Waals surface area contributed by atoms with Crippen molar-refractivity contribution in [2.75, 3.05) is 10.2 Å². The van der Waals surface area contributed by atoms with Gasteiger partial charge in [0.05, 0.1) is 17.3 Å². The minimum atomic E-state index is -0.263. The van der Waals surface area contributed by atoms with E-state index in [1.807, 2.05) is 18.1 Å². The number of aryl methyl sites for hydroxylation is 1. The summed E-state index contributed by atoms with van der Waals surface area (Å²) in [4.78, 5) is 23.6. The average molecular weight is 365 g/mol. The number of carbonyl (C=O) groups is 1. The van der Waals surface area contributed by atoms with Crippen LogP contribution in [0.15, 0.2) is 24.7 Å². The van der Waals surface area contributed by atoms with Crippen molar-refractivity contribution >= 4 is 35.8 Å². The van der Waals surface area contributed by atoms with E-state index in [1.54, 1.807) is 23.1 Å². The first-order valence-corrected chi connectivity index (χ1v) is 8.41. The van der Waals surface area contributed by atoms with Crippen LogP contribution in [0.2, 0.25) is 0 Å². The molecule has 0 radical (unpaired) electrons. The Morgan fingerprint density at radius 1 is 1.36 bits per heavy atom. The van der Waals surface area contributed by atoms with Gasteiger partial charge in [0.25, 0.3) is 0 Å². The summed E-state index contributed by atoms with van der Waals surface area (Å²) >= 11 is 0. The molecule has 1 N–H and O–H groups in total. The summed E-state index contributed by atoms with van der Waals surface area (Å²) in [6.07, 6.45) is 7.81. The van der Waals surface area contributed by atoms with Crippen molar-refractivity contribution in [3.05, 3.63) is 24.7 Å². The summed E-state index contributed by atoms with van der Waals surface area (Å²) in [6.45, 7) is 6.27. The third-order valence-electron chi connectivity index (χ3n) is 5.00. The summed E-state index contributed by atoms with van der Waals surface area (Å²) in [5.74, 6) is 1.29. The van der Waals surface area contributed by atoms with Crippen molar-refractivity contribution in [3.63, 3.8) is 0 Å². The lowest BCUT2D eigenvalue weighted by Crippen LogP contribution is -2.36. The summed E-state index contributed by atoms with van der Waals surface area (Å²) in [6, 6.07) is 1.93. The van der Waals surface area contributed by atoms with E-state index in [-0.39, 0.29) is 29.8 Å². The van der Waals surface area contributed by atoms with Crippen LogP contribution >= 0.6 is 12.4 Å². The molecule has 0 spiro atoms. The molecular formula is C17H25ClN6O. The molecule has 25 heavy (non-hydrogen) atoms. The minimum absolute atomic E-state index is 0. The highest BCUT2D eigenvalue weighted by Gasteiger charge is 2.48. The van der Waals surface area contributed by atoms with Crippen molar-refractivity contribution in [3.8, 4) is 0 Å².